The maximum Gasteiger partial charge on any atom is 0.106 e. The summed E-state index contributed by atoms with van der Waals surface area (Å²) in [6.07, 6.45) is 0. The Kier molecular flexibility index (Phi) is 3.99. The maximum absolute atomic E-state index is 4.76. The van der Waals surface area contributed by atoms with Crippen LogP contribution in [0.5, 0.6) is 0 Å². The van der Waals surface area contributed by atoms with Crippen molar-refractivity contribution in [2.45, 2.75) is 0 Å². The fourth-order valence-corrected chi connectivity index (χ4v) is 1.10. The van der Waals surface area contributed by atoms with Crippen LogP contribution in [0.15, 0.2) is 35.5 Å². The molecule has 0 aromatic heterocycles. The van der Waals surface area contributed by atoms with Gasteiger partial charge in [-0.25, -0.2) is 0 Å². The molecule has 0 unspecified atom stereocenters. The number of rotatable bonds is 4. The van der Waals surface area contributed by atoms with Gasteiger partial charge in [0.25, 0.3) is 0 Å². The van der Waals surface area contributed by atoms with E-state index >= 15 is 0 Å². The summed E-state index contributed by atoms with van der Waals surface area (Å²) in [5, 5.41) is 6.98. The van der Waals surface area contributed by atoms with Gasteiger partial charge in [-0.1, -0.05) is 35.5 Å². The van der Waals surface area contributed by atoms with Gasteiger partial charge in [-0.05, 0) is 7.05 Å². The summed E-state index contributed by atoms with van der Waals surface area (Å²) in [4.78, 5) is 4.76. The third-order valence-corrected chi connectivity index (χ3v) is 1.65. The number of hydrogen-bond acceptors (Lipinski definition) is 3. The Balaban J connectivity index is 2.83. The lowest BCUT2D eigenvalue weighted by Crippen LogP contribution is -2.19. The summed E-state index contributed by atoms with van der Waals surface area (Å²) in [7, 11) is 3.44. The molecule has 0 amide bonds. The van der Waals surface area contributed by atoms with Crippen molar-refractivity contribution in [2.75, 3.05) is 20.7 Å². The Morgan fingerprint density at radius 2 is 2.08 bits per heavy atom. The van der Waals surface area contributed by atoms with Crippen LogP contribution < -0.4 is 5.32 Å². The SMILES string of the molecule is CNC/C(=N\OC)c1ccccc1. The average molecular weight is 178 g/mol. The number of oxime groups is 1. The van der Waals surface area contributed by atoms with Gasteiger partial charge in [-0.3, -0.25) is 0 Å². The molecule has 1 aromatic carbocycles. The van der Waals surface area contributed by atoms with Gasteiger partial charge in [0.1, 0.15) is 12.8 Å². The van der Waals surface area contributed by atoms with E-state index in [1.165, 1.54) is 0 Å². The first-order valence-electron chi connectivity index (χ1n) is 4.18. The van der Waals surface area contributed by atoms with Crippen LogP contribution in [0.25, 0.3) is 0 Å². The largest absolute Gasteiger partial charge is 0.399 e. The summed E-state index contributed by atoms with van der Waals surface area (Å²) in [6, 6.07) is 9.96. The molecule has 0 saturated heterocycles. The van der Waals surface area contributed by atoms with Gasteiger partial charge < -0.3 is 10.2 Å². The topological polar surface area (TPSA) is 33.6 Å². The molecule has 0 atom stereocenters. The van der Waals surface area contributed by atoms with Crippen molar-refractivity contribution in [3.63, 3.8) is 0 Å². The molecule has 0 aliphatic carbocycles. The molecule has 3 nitrogen and oxygen atoms in total. The van der Waals surface area contributed by atoms with Crippen LogP contribution >= 0.6 is 0 Å². The van der Waals surface area contributed by atoms with Gasteiger partial charge >= 0.3 is 0 Å². The number of likely N-dealkylation sites (N-methyl/N-ethyl adjacent to an activating group) is 1. The first-order chi connectivity index (χ1) is 6.38. The van der Waals surface area contributed by atoms with E-state index in [0.29, 0.717) is 6.54 Å². The lowest BCUT2D eigenvalue weighted by molar-refractivity contribution is 0.213. The normalized spacial score (nSPS) is 11.4. The van der Waals surface area contributed by atoms with Gasteiger partial charge in [0.2, 0.25) is 0 Å². The predicted molar refractivity (Wildman–Crippen MR) is 53.9 cm³/mol. The van der Waals surface area contributed by atoms with Crippen LogP contribution in [0.1, 0.15) is 5.56 Å². The standard InChI is InChI=1S/C10H14N2O/c1-11-8-10(12-13-2)9-6-4-3-5-7-9/h3-7,11H,8H2,1-2H3/b12-10+. The van der Waals surface area contributed by atoms with Crippen molar-refractivity contribution in [1.82, 2.24) is 5.32 Å². The summed E-state index contributed by atoms with van der Waals surface area (Å²) in [6.45, 7) is 0.706. The number of hydrogen-bond donors (Lipinski definition) is 1. The molecule has 0 spiro atoms. The molecule has 1 N–H and O–H groups in total. The minimum atomic E-state index is 0.706. The molecular weight excluding hydrogens is 164 g/mol. The second-order valence-corrected chi connectivity index (χ2v) is 2.62. The molecule has 70 valence electrons. The Bertz CT molecular complexity index is 270. The molecule has 0 aliphatic heterocycles. The maximum atomic E-state index is 4.76. The molecule has 13 heavy (non-hydrogen) atoms. The van der Waals surface area contributed by atoms with E-state index in [0.717, 1.165) is 11.3 Å². The molecule has 0 saturated carbocycles. The number of nitrogens with one attached hydrogen (secondary N) is 1. The minimum absolute atomic E-state index is 0.706. The molecule has 1 rings (SSSR count). The summed E-state index contributed by atoms with van der Waals surface area (Å²) < 4.78 is 0. The predicted octanol–water partition coefficient (Wildman–Crippen LogP) is 1.26. The highest BCUT2D eigenvalue weighted by atomic mass is 16.6. The van der Waals surface area contributed by atoms with Crippen LogP contribution in [0, 0.1) is 0 Å². The van der Waals surface area contributed by atoms with E-state index in [1.807, 2.05) is 37.4 Å². The molecule has 0 bridgehead atoms. The molecule has 1 aromatic rings. The Hall–Kier alpha value is -1.35. The molecule has 3 heteroatoms. The van der Waals surface area contributed by atoms with E-state index in [4.69, 9.17) is 4.84 Å². The summed E-state index contributed by atoms with van der Waals surface area (Å²) in [5.41, 5.74) is 1.99. The smallest absolute Gasteiger partial charge is 0.106 e. The van der Waals surface area contributed by atoms with Gasteiger partial charge in [0.05, 0.1) is 0 Å². The Labute approximate surface area is 78.4 Å². The van der Waals surface area contributed by atoms with Crippen molar-refractivity contribution >= 4 is 5.71 Å². The zero-order valence-electron chi connectivity index (χ0n) is 7.95. The van der Waals surface area contributed by atoms with Crippen molar-refractivity contribution in [3.8, 4) is 0 Å². The fourth-order valence-electron chi connectivity index (χ4n) is 1.10. The van der Waals surface area contributed by atoms with Gasteiger partial charge in [-0.15, -0.1) is 0 Å². The zero-order valence-corrected chi connectivity index (χ0v) is 7.95. The van der Waals surface area contributed by atoms with E-state index in [-0.39, 0.29) is 0 Å². The third kappa shape index (κ3) is 2.87. The Morgan fingerprint density at radius 1 is 1.38 bits per heavy atom. The first-order valence-corrected chi connectivity index (χ1v) is 4.18. The second kappa shape index (κ2) is 5.32. The van der Waals surface area contributed by atoms with Crippen LogP contribution in [-0.4, -0.2) is 26.4 Å². The Morgan fingerprint density at radius 3 is 2.62 bits per heavy atom. The van der Waals surface area contributed by atoms with E-state index in [2.05, 4.69) is 10.5 Å². The summed E-state index contributed by atoms with van der Waals surface area (Å²) in [5.74, 6) is 0. The molecule has 0 aliphatic rings. The quantitative estimate of drug-likeness (QED) is 0.556. The van der Waals surface area contributed by atoms with Gasteiger partial charge in [-0.2, -0.15) is 0 Å². The van der Waals surface area contributed by atoms with Crippen molar-refractivity contribution in [3.05, 3.63) is 35.9 Å². The highest BCUT2D eigenvalue weighted by Crippen LogP contribution is 2.00. The average Bonchev–Trinajstić information content (AvgIpc) is 2.19. The number of benzene rings is 1. The molecule has 0 heterocycles. The highest BCUT2D eigenvalue weighted by molar-refractivity contribution is 6.01. The van der Waals surface area contributed by atoms with Crippen molar-refractivity contribution in [1.29, 1.82) is 0 Å². The minimum Gasteiger partial charge on any atom is -0.399 e. The van der Waals surface area contributed by atoms with E-state index in [9.17, 15) is 0 Å². The van der Waals surface area contributed by atoms with Crippen LogP contribution in [0.3, 0.4) is 0 Å². The van der Waals surface area contributed by atoms with Crippen LogP contribution in [0.4, 0.5) is 0 Å². The van der Waals surface area contributed by atoms with Gasteiger partial charge in [0, 0.05) is 12.1 Å². The third-order valence-electron chi connectivity index (χ3n) is 1.65. The van der Waals surface area contributed by atoms with E-state index in [1.54, 1.807) is 7.11 Å². The van der Waals surface area contributed by atoms with E-state index < -0.39 is 0 Å². The molecule has 0 radical (unpaired) electrons. The highest BCUT2D eigenvalue weighted by Gasteiger charge is 2.01. The first kappa shape index (κ1) is 9.74. The summed E-state index contributed by atoms with van der Waals surface area (Å²) >= 11 is 0. The lowest BCUT2D eigenvalue weighted by atomic mass is 10.1. The fraction of sp³-hybridized carbons (Fsp3) is 0.300. The monoisotopic (exact) mass is 178 g/mol. The molecular formula is C10H14N2O. The van der Waals surface area contributed by atoms with Crippen LogP contribution in [-0.2, 0) is 4.84 Å². The lowest BCUT2D eigenvalue weighted by Gasteiger charge is -2.03. The van der Waals surface area contributed by atoms with Gasteiger partial charge in [0.15, 0.2) is 0 Å². The molecule has 0 fully saturated rings. The van der Waals surface area contributed by atoms with Crippen molar-refractivity contribution in [2.24, 2.45) is 5.16 Å². The van der Waals surface area contributed by atoms with Crippen LogP contribution in [0.2, 0.25) is 0 Å². The zero-order chi connectivity index (χ0) is 9.52. The number of nitrogens with zero attached hydrogens (tertiary/aromatic N) is 1. The van der Waals surface area contributed by atoms with Crippen molar-refractivity contribution < 1.29 is 4.84 Å². The second-order valence-electron chi connectivity index (χ2n) is 2.62.